The van der Waals surface area contributed by atoms with Crippen molar-refractivity contribution in [3.63, 3.8) is 0 Å². The summed E-state index contributed by atoms with van der Waals surface area (Å²) in [4.78, 5) is 37.3. The molecule has 0 spiro atoms. The summed E-state index contributed by atoms with van der Waals surface area (Å²) in [5.74, 6) is 0.319. The molecule has 0 aromatic heterocycles. The number of hydrogen-bond donors (Lipinski definition) is 0. The lowest BCUT2D eigenvalue weighted by atomic mass is 10.1. The molecule has 0 aliphatic carbocycles. The molecule has 190 valence electrons. The van der Waals surface area contributed by atoms with Gasteiger partial charge in [0.1, 0.15) is 6.61 Å². The van der Waals surface area contributed by atoms with Crippen LogP contribution >= 0.6 is 23.4 Å². The number of nitro groups is 1. The van der Waals surface area contributed by atoms with Gasteiger partial charge in [-0.05, 0) is 60.5 Å². The fraction of sp³-hybridized carbons (Fsp3) is 0.185. The Morgan fingerprint density at radius 3 is 2.51 bits per heavy atom. The van der Waals surface area contributed by atoms with Crippen LogP contribution in [0.15, 0.2) is 65.6 Å². The number of carbonyl (C=O) groups is 2. The highest BCUT2D eigenvalue weighted by molar-refractivity contribution is 8.18. The van der Waals surface area contributed by atoms with E-state index in [1.54, 1.807) is 24.3 Å². The fourth-order valence-electron chi connectivity index (χ4n) is 3.65. The molecule has 0 unspecified atom stereocenters. The molecule has 1 aliphatic heterocycles. The van der Waals surface area contributed by atoms with Gasteiger partial charge in [-0.1, -0.05) is 53.6 Å². The third kappa shape index (κ3) is 6.31. The number of amides is 2. The van der Waals surface area contributed by atoms with Crippen molar-refractivity contribution in [2.45, 2.75) is 27.0 Å². The van der Waals surface area contributed by atoms with Gasteiger partial charge in [0.25, 0.3) is 16.8 Å². The minimum atomic E-state index is -0.523. The minimum absolute atomic E-state index is 0.0690. The van der Waals surface area contributed by atoms with E-state index in [1.807, 2.05) is 38.1 Å². The Kier molecular flexibility index (Phi) is 8.15. The van der Waals surface area contributed by atoms with Crippen LogP contribution in [0.25, 0.3) is 6.08 Å². The van der Waals surface area contributed by atoms with Crippen LogP contribution in [0.5, 0.6) is 11.5 Å². The molecule has 3 aromatic carbocycles. The standard InChI is InChI=1S/C27H23ClN2O6S/c1-3-35-23-13-20(12-22(28)25(23)36-16-18-9-7-17(2)8-10-18)14-24-26(31)29(27(32)37-24)15-19-5-4-6-21(11-19)30(33)34/h4-14H,3,15-16H2,1-2H3/b24-14+. The first-order valence-electron chi connectivity index (χ1n) is 11.4. The SMILES string of the molecule is CCOc1cc(/C=C2/SC(=O)N(Cc3cccc([N+](=O)[O-])c3)C2=O)cc(Cl)c1OCc1ccc(C)cc1. The molecule has 1 saturated heterocycles. The van der Waals surface area contributed by atoms with E-state index < -0.39 is 16.1 Å². The van der Waals surface area contributed by atoms with Crippen molar-refractivity contribution in [2.24, 2.45) is 0 Å². The van der Waals surface area contributed by atoms with Gasteiger partial charge in [-0.2, -0.15) is 0 Å². The summed E-state index contributed by atoms with van der Waals surface area (Å²) in [7, 11) is 0. The van der Waals surface area contributed by atoms with Crippen molar-refractivity contribution in [3.05, 3.63) is 103 Å². The van der Waals surface area contributed by atoms with Gasteiger partial charge in [0.15, 0.2) is 11.5 Å². The van der Waals surface area contributed by atoms with Crippen LogP contribution in [-0.4, -0.2) is 27.6 Å². The zero-order chi connectivity index (χ0) is 26.5. The maximum Gasteiger partial charge on any atom is 0.293 e. The molecule has 8 nitrogen and oxygen atoms in total. The molecule has 0 bridgehead atoms. The molecule has 0 atom stereocenters. The van der Waals surface area contributed by atoms with Crippen LogP contribution in [0.3, 0.4) is 0 Å². The normalized spacial score (nSPS) is 14.4. The summed E-state index contributed by atoms with van der Waals surface area (Å²) in [5, 5.41) is 10.9. The van der Waals surface area contributed by atoms with Crippen molar-refractivity contribution >= 4 is 46.3 Å². The van der Waals surface area contributed by atoms with E-state index in [0.717, 1.165) is 27.8 Å². The maximum atomic E-state index is 13.0. The average Bonchev–Trinajstić information content (AvgIpc) is 3.12. The number of carbonyl (C=O) groups excluding carboxylic acids is 2. The van der Waals surface area contributed by atoms with Crippen LogP contribution < -0.4 is 9.47 Å². The molecule has 0 N–H and O–H groups in total. The average molecular weight is 539 g/mol. The van der Waals surface area contributed by atoms with Gasteiger partial charge in [0.05, 0.1) is 28.0 Å². The maximum absolute atomic E-state index is 13.0. The molecular formula is C27H23ClN2O6S. The number of ether oxygens (including phenoxy) is 2. The molecule has 3 aromatic rings. The molecular weight excluding hydrogens is 516 g/mol. The summed E-state index contributed by atoms with van der Waals surface area (Å²) >= 11 is 7.32. The van der Waals surface area contributed by atoms with E-state index in [9.17, 15) is 19.7 Å². The van der Waals surface area contributed by atoms with Crippen molar-refractivity contribution in [1.82, 2.24) is 4.90 Å². The number of nitro benzene ring substituents is 1. The van der Waals surface area contributed by atoms with Gasteiger partial charge >= 0.3 is 0 Å². The Morgan fingerprint density at radius 2 is 1.81 bits per heavy atom. The molecule has 4 rings (SSSR count). The molecule has 0 radical (unpaired) electrons. The van der Waals surface area contributed by atoms with Crippen LogP contribution in [0.2, 0.25) is 5.02 Å². The first kappa shape index (κ1) is 26.2. The zero-order valence-corrected chi connectivity index (χ0v) is 21.7. The third-order valence-corrected chi connectivity index (χ3v) is 6.66. The van der Waals surface area contributed by atoms with E-state index in [1.165, 1.54) is 18.2 Å². The highest BCUT2D eigenvalue weighted by Crippen LogP contribution is 2.40. The minimum Gasteiger partial charge on any atom is -0.490 e. The molecule has 1 heterocycles. The largest absolute Gasteiger partial charge is 0.490 e. The highest BCUT2D eigenvalue weighted by atomic mass is 35.5. The second kappa shape index (κ2) is 11.5. The lowest BCUT2D eigenvalue weighted by Crippen LogP contribution is -2.27. The summed E-state index contributed by atoms with van der Waals surface area (Å²) in [6.45, 7) is 4.45. The monoisotopic (exact) mass is 538 g/mol. The third-order valence-electron chi connectivity index (χ3n) is 5.47. The molecule has 2 amide bonds. The van der Waals surface area contributed by atoms with E-state index >= 15 is 0 Å². The number of halogens is 1. The Hall–Kier alpha value is -3.82. The predicted molar refractivity (Wildman–Crippen MR) is 143 cm³/mol. The molecule has 1 fully saturated rings. The van der Waals surface area contributed by atoms with Crippen molar-refractivity contribution < 1.29 is 24.0 Å². The first-order chi connectivity index (χ1) is 17.7. The van der Waals surface area contributed by atoms with Gasteiger partial charge in [0, 0.05) is 12.1 Å². The Labute approximate surface area is 223 Å². The first-order valence-corrected chi connectivity index (χ1v) is 12.6. The van der Waals surface area contributed by atoms with Gasteiger partial charge in [-0.15, -0.1) is 0 Å². The Balaban J connectivity index is 1.54. The summed E-state index contributed by atoms with van der Waals surface area (Å²) in [6, 6.07) is 17.1. The highest BCUT2D eigenvalue weighted by Gasteiger charge is 2.35. The second-order valence-electron chi connectivity index (χ2n) is 8.23. The van der Waals surface area contributed by atoms with E-state index in [4.69, 9.17) is 21.1 Å². The smallest absolute Gasteiger partial charge is 0.293 e. The van der Waals surface area contributed by atoms with E-state index in [2.05, 4.69) is 0 Å². The molecule has 0 saturated carbocycles. The van der Waals surface area contributed by atoms with Gasteiger partial charge < -0.3 is 9.47 Å². The number of benzene rings is 3. The topological polar surface area (TPSA) is 99.0 Å². The van der Waals surface area contributed by atoms with Crippen LogP contribution in [0, 0.1) is 17.0 Å². The van der Waals surface area contributed by atoms with Crippen LogP contribution in [-0.2, 0) is 17.9 Å². The summed E-state index contributed by atoms with van der Waals surface area (Å²) < 4.78 is 11.7. The van der Waals surface area contributed by atoms with Crippen LogP contribution in [0.4, 0.5) is 10.5 Å². The van der Waals surface area contributed by atoms with Crippen LogP contribution in [0.1, 0.15) is 29.2 Å². The number of nitrogens with zero attached hydrogens (tertiary/aromatic N) is 2. The summed E-state index contributed by atoms with van der Waals surface area (Å²) in [5.41, 5.74) is 3.07. The van der Waals surface area contributed by atoms with Gasteiger partial charge in [-0.3, -0.25) is 24.6 Å². The van der Waals surface area contributed by atoms with E-state index in [-0.39, 0.29) is 17.1 Å². The number of hydrogen-bond acceptors (Lipinski definition) is 7. The predicted octanol–water partition coefficient (Wildman–Crippen LogP) is 6.77. The lowest BCUT2D eigenvalue weighted by Gasteiger charge is -2.15. The van der Waals surface area contributed by atoms with Crippen molar-refractivity contribution in [2.75, 3.05) is 6.61 Å². The van der Waals surface area contributed by atoms with Crippen molar-refractivity contribution in [1.29, 1.82) is 0 Å². The Morgan fingerprint density at radius 1 is 1.05 bits per heavy atom. The number of imide groups is 1. The zero-order valence-electron chi connectivity index (χ0n) is 20.1. The van der Waals surface area contributed by atoms with Crippen molar-refractivity contribution in [3.8, 4) is 11.5 Å². The number of aryl methyl sites for hydroxylation is 1. The molecule has 37 heavy (non-hydrogen) atoms. The number of non-ortho nitro benzene ring substituents is 1. The Bertz CT molecular complexity index is 1390. The molecule has 10 heteroatoms. The summed E-state index contributed by atoms with van der Waals surface area (Å²) in [6.07, 6.45) is 1.57. The van der Waals surface area contributed by atoms with E-state index in [0.29, 0.717) is 40.9 Å². The number of thioether (sulfide) groups is 1. The quantitative estimate of drug-likeness (QED) is 0.168. The molecule has 1 aliphatic rings. The lowest BCUT2D eigenvalue weighted by molar-refractivity contribution is -0.384. The fourth-order valence-corrected chi connectivity index (χ4v) is 4.76. The van der Waals surface area contributed by atoms with Gasteiger partial charge in [-0.25, -0.2) is 0 Å². The van der Waals surface area contributed by atoms with Gasteiger partial charge in [0.2, 0.25) is 0 Å². The second-order valence-corrected chi connectivity index (χ2v) is 9.63. The number of rotatable bonds is 9.